The van der Waals surface area contributed by atoms with E-state index in [0.29, 0.717) is 5.88 Å². The summed E-state index contributed by atoms with van der Waals surface area (Å²) in [7, 11) is 3.53. The highest BCUT2D eigenvalue weighted by Crippen LogP contribution is 2.29. The van der Waals surface area contributed by atoms with Gasteiger partial charge in [0.15, 0.2) is 5.49 Å². The molecule has 4 heteroatoms. The maximum atomic E-state index is 5.14. The van der Waals surface area contributed by atoms with Crippen LogP contribution < -0.4 is 10.2 Å². The van der Waals surface area contributed by atoms with E-state index < -0.39 is 0 Å². The molecule has 1 aromatic heterocycles. The summed E-state index contributed by atoms with van der Waals surface area (Å²) in [4.78, 5) is 8.45. The Kier molecular flexibility index (Phi) is 2.85. The van der Waals surface area contributed by atoms with E-state index in [1.165, 1.54) is 12.8 Å². The summed E-state index contributed by atoms with van der Waals surface area (Å²) in [6, 6.07) is 0. The van der Waals surface area contributed by atoms with Crippen molar-refractivity contribution in [3.8, 4) is 5.88 Å². The molecule has 0 bridgehead atoms. The Balaban J connectivity index is 2.31. The summed E-state index contributed by atoms with van der Waals surface area (Å²) >= 11 is 0. The van der Waals surface area contributed by atoms with E-state index in [1.54, 1.807) is 13.3 Å². The number of hydrogen-bond acceptors (Lipinski definition) is 3. The zero-order chi connectivity index (χ0) is 10.7. The standard InChI is InChI=1S/C11H15N3O/c1-14-8-7-13-11(15-2)10(14)12-6-5-9-3-4-9/h5-9H,3-4H2,1-2H3/b6-5+,12-10?. The highest BCUT2D eigenvalue weighted by Gasteiger charge is 2.16. The van der Waals surface area contributed by atoms with Gasteiger partial charge in [0.05, 0.1) is 7.11 Å². The van der Waals surface area contributed by atoms with E-state index >= 15 is 0 Å². The molecule has 0 aromatic carbocycles. The molecule has 1 aliphatic carbocycles. The first-order valence-electron chi connectivity index (χ1n) is 5.07. The predicted octanol–water partition coefficient (Wildman–Crippen LogP) is 1.25. The van der Waals surface area contributed by atoms with Gasteiger partial charge in [-0.05, 0) is 18.8 Å². The Morgan fingerprint density at radius 3 is 3.07 bits per heavy atom. The zero-order valence-electron chi connectivity index (χ0n) is 9.05. The average molecular weight is 205 g/mol. The summed E-state index contributed by atoms with van der Waals surface area (Å²) < 4.78 is 7.03. The fourth-order valence-corrected chi connectivity index (χ4v) is 1.29. The Hall–Kier alpha value is -1.58. The highest BCUT2D eigenvalue weighted by atomic mass is 16.5. The van der Waals surface area contributed by atoms with Crippen LogP contribution in [0.25, 0.3) is 0 Å². The van der Waals surface area contributed by atoms with Crippen molar-refractivity contribution in [2.24, 2.45) is 18.0 Å². The van der Waals surface area contributed by atoms with E-state index in [2.05, 4.69) is 16.1 Å². The molecular formula is C11H15N3O. The van der Waals surface area contributed by atoms with Gasteiger partial charge in [0.1, 0.15) is 0 Å². The summed E-state index contributed by atoms with van der Waals surface area (Å²) in [5.41, 5.74) is 0.747. The molecule has 2 rings (SSSR count). The first-order valence-corrected chi connectivity index (χ1v) is 5.07. The number of allylic oxidation sites excluding steroid dienone is 1. The lowest BCUT2D eigenvalue weighted by Crippen LogP contribution is -2.20. The molecule has 0 unspecified atom stereocenters. The minimum Gasteiger partial charge on any atom is -0.478 e. The van der Waals surface area contributed by atoms with Crippen molar-refractivity contribution in [3.63, 3.8) is 0 Å². The molecule has 0 aliphatic heterocycles. The third kappa shape index (κ3) is 2.46. The molecule has 0 atom stereocenters. The lowest BCUT2D eigenvalue weighted by atomic mass is 10.4. The minimum absolute atomic E-state index is 0.556. The Bertz CT molecular complexity index is 430. The minimum atomic E-state index is 0.556. The van der Waals surface area contributed by atoms with Crippen molar-refractivity contribution in [2.75, 3.05) is 7.11 Å². The smallest absolute Gasteiger partial charge is 0.257 e. The number of aryl methyl sites for hydroxylation is 1. The maximum Gasteiger partial charge on any atom is 0.257 e. The second kappa shape index (κ2) is 4.29. The quantitative estimate of drug-likeness (QED) is 0.745. The molecule has 4 nitrogen and oxygen atoms in total. The summed E-state index contributed by atoms with van der Waals surface area (Å²) in [6.07, 6.45) is 10.1. The Morgan fingerprint density at radius 1 is 1.60 bits per heavy atom. The Morgan fingerprint density at radius 2 is 2.40 bits per heavy atom. The van der Waals surface area contributed by atoms with Gasteiger partial charge < -0.3 is 9.30 Å². The van der Waals surface area contributed by atoms with Gasteiger partial charge in [-0.25, -0.2) is 9.98 Å². The van der Waals surface area contributed by atoms with Crippen LogP contribution in [-0.4, -0.2) is 16.7 Å². The molecule has 1 fully saturated rings. The molecular weight excluding hydrogens is 190 g/mol. The van der Waals surface area contributed by atoms with E-state index in [1.807, 2.05) is 24.0 Å². The predicted molar refractivity (Wildman–Crippen MR) is 57.2 cm³/mol. The average Bonchev–Trinajstić information content (AvgIpc) is 3.04. The van der Waals surface area contributed by atoms with Crippen LogP contribution in [0.4, 0.5) is 0 Å². The van der Waals surface area contributed by atoms with E-state index in [9.17, 15) is 0 Å². The number of ether oxygens (including phenoxy) is 1. The number of aromatic nitrogens is 2. The highest BCUT2D eigenvalue weighted by molar-refractivity contribution is 5.05. The van der Waals surface area contributed by atoms with Crippen LogP contribution in [0.1, 0.15) is 12.8 Å². The Labute approximate surface area is 88.9 Å². The number of rotatable bonds is 3. The van der Waals surface area contributed by atoms with Crippen molar-refractivity contribution < 1.29 is 4.74 Å². The normalized spacial score (nSPS) is 17.3. The molecule has 0 spiro atoms. The van der Waals surface area contributed by atoms with Crippen LogP contribution in [0.15, 0.2) is 29.7 Å². The third-order valence-electron chi connectivity index (χ3n) is 2.38. The van der Waals surface area contributed by atoms with Crippen LogP contribution in [-0.2, 0) is 7.05 Å². The lowest BCUT2D eigenvalue weighted by molar-refractivity contribution is 0.384. The van der Waals surface area contributed by atoms with Crippen LogP contribution in [0.3, 0.4) is 0 Å². The first-order chi connectivity index (χ1) is 7.31. The van der Waals surface area contributed by atoms with Crippen molar-refractivity contribution in [2.45, 2.75) is 12.8 Å². The summed E-state index contributed by atoms with van der Waals surface area (Å²) in [5, 5.41) is 0. The number of hydrogen-bond donors (Lipinski definition) is 0. The summed E-state index contributed by atoms with van der Waals surface area (Å²) in [5.74, 6) is 1.29. The molecule has 0 saturated heterocycles. The van der Waals surface area contributed by atoms with Crippen LogP contribution in [0.2, 0.25) is 0 Å². The van der Waals surface area contributed by atoms with E-state index in [-0.39, 0.29) is 0 Å². The van der Waals surface area contributed by atoms with Crippen LogP contribution in [0, 0.1) is 5.92 Å². The molecule has 1 aliphatic rings. The fourth-order valence-electron chi connectivity index (χ4n) is 1.29. The SMILES string of the molecule is COc1nccn(C)c1=N/C=C/C1CC1. The second-order valence-electron chi connectivity index (χ2n) is 3.68. The van der Waals surface area contributed by atoms with Gasteiger partial charge in [-0.2, -0.15) is 0 Å². The zero-order valence-corrected chi connectivity index (χ0v) is 9.05. The van der Waals surface area contributed by atoms with Crippen LogP contribution >= 0.6 is 0 Å². The number of methoxy groups -OCH3 is 1. The maximum absolute atomic E-state index is 5.14. The van der Waals surface area contributed by atoms with Gasteiger partial charge in [0, 0.05) is 25.6 Å². The third-order valence-corrected chi connectivity index (χ3v) is 2.38. The monoisotopic (exact) mass is 205 g/mol. The fraction of sp³-hybridized carbons (Fsp3) is 0.455. The van der Waals surface area contributed by atoms with Crippen LogP contribution in [0.5, 0.6) is 5.88 Å². The van der Waals surface area contributed by atoms with Gasteiger partial charge in [-0.15, -0.1) is 0 Å². The van der Waals surface area contributed by atoms with Gasteiger partial charge in [-0.3, -0.25) is 0 Å². The second-order valence-corrected chi connectivity index (χ2v) is 3.68. The van der Waals surface area contributed by atoms with Gasteiger partial charge >= 0.3 is 0 Å². The topological polar surface area (TPSA) is 39.4 Å². The van der Waals surface area contributed by atoms with Crippen molar-refractivity contribution in [1.29, 1.82) is 0 Å². The molecule has 80 valence electrons. The molecule has 1 aromatic rings. The molecule has 15 heavy (non-hydrogen) atoms. The van der Waals surface area contributed by atoms with E-state index in [4.69, 9.17) is 4.74 Å². The number of nitrogens with zero attached hydrogens (tertiary/aromatic N) is 3. The molecule has 0 amide bonds. The summed E-state index contributed by atoms with van der Waals surface area (Å²) in [6.45, 7) is 0. The van der Waals surface area contributed by atoms with Gasteiger partial charge in [0.2, 0.25) is 0 Å². The molecule has 1 heterocycles. The molecule has 0 N–H and O–H groups in total. The van der Waals surface area contributed by atoms with Gasteiger partial charge in [-0.1, -0.05) is 6.08 Å². The lowest BCUT2D eigenvalue weighted by Gasteiger charge is -2.02. The van der Waals surface area contributed by atoms with Gasteiger partial charge in [0.25, 0.3) is 5.88 Å². The molecule has 1 saturated carbocycles. The van der Waals surface area contributed by atoms with Crippen molar-refractivity contribution in [3.05, 3.63) is 30.2 Å². The van der Waals surface area contributed by atoms with E-state index in [0.717, 1.165) is 11.4 Å². The molecule has 0 radical (unpaired) electrons. The first kappa shape index (κ1) is 9.96. The largest absolute Gasteiger partial charge is 0.478 e. The van der Waals surface area contributed by atoms with Crippen molar-refractivity contribution in [1.82, 2.24) is 9.55 Å². The van der Waals surface area contributed by atoms with Crippen molar-refractivity contribution >= 4 is 0 Å².